The van der Waals surface area contributed by atoms with Crippen LogP contribution in [0.15, 0.2) is 87.5 Å². The van der Waals surface area contributed by atoms with E-state index in [1.54, 1.807) is 16.7 Å². The van der Waals surface area contributed by atoms with Gasteiger partial charge in [-0.2, -0.15) is 0 Å². The minimum atomic E-state index is -0.765. The molecule has 8 heteroatoms. The van der Waals surface area contributed by atoms with Gasteiger partial charge in [-0.1, -0.05) is 65.2 Å². The number of rotatable bonds is 10. The zero-order chi connectivity index (χ0) is 25.5. The number of nitrogens with zero attached hydrogens (tertiary/aromatic N) is 3. The third kappa shape index (κ3) is 6.12. The Labute approximate surface area is 218 Å². The summed E-state index contributed by atoms with van der Waals surface area (Å²) in [6.45, 7) is 4.74. The van der Waals surface area contributed by atoms with Crippen LogP contribution in [0.2, 0.25) is 0 Å². The lowest BCUT2D eigenvalue weighted by molar-refractivity contribution is -0.125. The highest BCUT2D eigenvalue weighted by atomic mass is 79.9. The minimum Gasteiger partial charge on any atom is -0.493 e. The van der Waals surface area contributed by atoms with Gasteiger partial charge in [0.15, 0.2) is 11.8 Å². The van der Waals surface area contributed by atoms with E-state index in [-0.39, 0.29) is 11.6 Å². The number of hydrogen-bond donors (Lipinski definition) is 1. The highest BCUT2D eigenvalue weighted by Crippen LogP contribution is 2.38. The van der Waals surface area contributed by atoms with E-state index in [9.17, 15) is 9.90 Å². The Kier molecular flexibility index (Phi) is 8.38. The largest absolute Gasteiger partial charge is 0.493 e. The number of aromatic hydroxyl groups is 1. The number of para-hydroxylation sites is 1. The van der Waals surface area contributed by atoms with E-state index < -0.39 is 12.0 Å². The van der Waals surface area contributed by atoms with Gasteiger partial charge in [0.05, 0.1) is 12.1 Å². The first kappa shape index (κ1) is 25.4. The molecule has 0 spiro atoms. The average Bonchev–Trinajstić information content (AvgIpc) is 3.15. The normalized spacial score (nSPS) is 12.2. The predicted molar refractivity (Wildman–Crippen MR) is 143 cm³/mol. The van der Waals surface area contributed by atoms with Gasteiger partial charge in [-0.25, -0.2) is 0 Å². The van der Waals surface area contributed by atoms with Gasteiger partial charge >= 0.3 is 5.91 Å². The molecular formula is C28H28BrN3O4. The fourth-order valence-corrected chi connectivity index (χ4v) is 4.09. The number of aromatic nitrogens is 1. The number of carbonyl (C=O) groups is 1. The second-order valence-electron chi connectivity index (χ2n) is 8.39. The number of fused-ring (bicyclic) bond motifs is 1. The van der Waals surface area contributed by atoms with Gasteiger partial charge in [0.25, 0.3) is 0 Å². The molecule has 36 heavy (non-hydrogen) atoms. The molecule has 7 nitrogen and oxygen atoms in total. The second-order valence-corrected chi connectivity index (χ2v) is 9.31. The first-order chi connectivity index (χ1) is 17.5. The molecule has 0 saturated carbocycles. The van der Waals surface area contributed by atoms with E-state index in [0.717, 1.165) is 27.7 Å². The van der Waals surface area contributed by atoms with Crippen LogP contribution in [0.3, 0.4) is 0 Å². The summed E-state index contributed by atoms with van der Waals surface area (Å²) >= 11 is 3.39. The fourth-order valence-electron chi connectivity index (χ4n) is 3.82. The summed E-state index contributed by atoms with van der Waals surface area (Å²) in [6, 6.07) is 22.5. The monoisotopic (exact) mass is 549 g/mol. The van der Waals surface area contributed by atoms with Crippen LogP contribution in [0.25, 0.3) is 10.9 Å². The van der Waals surface area contributed by atoms with Crippen molar-refractivity contribution in [1.29, 1.82) is 0 Å². The second kappa shape index (κ2) is 11.9. The highest BCUT2D eigenvalue weighted by Gasteiger charge is 2.21. The Morgan fingerprint density at radius 2 is 1.72 bits per heavy atom. The summed E-state index contributed by atoms with van der Waals surface area (Å²) in [6.07, 6.45) is 0.477. The van der Waals surface area contributed by atoms with E-state index in [2.05, 4.69) is 26.2 Å². The smallest absolute Gasteiger partial charge is 0.305 e. The molecule has 3 aromatic carbocycles. The van der Waals surface area contributed by atoms with E-state index >= 15 is 0 Å². The third-order valence-electron chi connectivity index (χ3n) is 5.69. The topological polar surface area (TPSA) is 85.4 Å². The SMILES string of the molecule is CCCC(Oc1ccc(Br)cc1)C(=O)N=Nc1c(O)n(CCOc2ccc(C)cc2)c2ccccc12. The average molecular weight is 550 g/mol. The summed E-state index contributed by atoms with van der Waals surface area (Å²) in [7, 11) is 0. The molecule has 186 valence electrons. The number of aryl methyl sites for hydroxylation is 1. The van der Waals surface area contributed by atoms with Gasteiger partial charge in [0.1, 0.15) is 18.1 Å². The van der Waals surface area contributed by atoms with Gasteiger partial charge in [-0.3, -0.25) is 4.79 Å². The Morgan fingerprint density at radius 1 is 1.03 bits per heavy atom. The molecule has 1 amide bonds. The molecule has 0 saturated heterocycles. The summed E-state index contributed by atoms with van der Waals surface area (Å²) in [5.74, 6) is 0.767. The molecule has 4 aromatic rings. The fraction of sp³-hybridized carbons (Fsp3) is 0.250. The van der Waals surface area contributed by atoms with E-state index in [4.69, 9.17) is 9.47 Å². The molecule has 0 radical (unpaired) electrons. The third-order valence-corrected chi connectivity index (χ3v) is 6.22. The molecule has 1 N–H and O–H groups in total. The molecule has 1 unspecified atom stereocenters. The van der Waals surface area contributed by atoms with Gasteiger partial charge < -0.3 is 19.1 Å². The number of ether oxygens (including phenoxy) is 2. The Balaban J connectivity index is 1.52. The van der Waals surface area contributed by atoms with Crippen LogP contribution in [0, 0.1) is 6.92 Å². The standard InChI is InChI=1S/C28H28BrN3O4/c1-3-6-25(36-22-15-11-20(29)12-16-22)27(33)31-30-26-23-7-4-5-8-24(23)32(28(26)34)17-18-35-21-13-9-19(2)10-14-21/h4-5,7-16,25,34H,3,6,17-18H2,1-2H3. The number of hydrogen-bond acceptors (Lipinski definition) is 5. The van der Waals surface area contributed by atoms with Crippen LogP contribution < -0.4 is 9.47 Å². The summed E-state index contributed by atoms with van der Waals surface area (Å²) in [4.78, 5) is 12.9. The van der Waals surface area contributed by atoms with Crippen molar-refractivity contribution in [3.05, 3.63) is 82.8 Å². The van der Waals surface area contributed by atoms with Gasteiger partial charge in [0.2, 0.25) is 5.88 Å². The number of benzene rings is 3. The number of amides is 1. The van der Waals surface area contributed by atoms with E-state index in [1.165, 1.54) is 0 Å². The maximum absolute atomic E-state index is 12.9. The molecule has 4 rings (SSSR count). The Morgan fingerprint density at radius 3 is 2.44 bits per heavy atom. The molecule has 1 atom stereocenters. The van der Waals surface area contributed by atoms with Crippen LogP contribution in [-0.4, -0.2) is 28.3 Å². The van der Waals surface area contributed by atoms with Crippen LogP contribution in [0.4, 0.5) is 5.69 Å². The summed E-state index contributed by atoms with van der Waals surface area (Å²) in [5, 5.41) is 19.8. The lowest BCUT2D eigenvalue weighted by Crippen LogP contribution is -2.25. The first-order valence-electron chi connectivity index (χ1n) is 11.8. The van der Waals surface area contributed by atoms with Crippen molar-refractivity contribution in [1.82, 2.24) is 4.57 Å². The van der Waals surface area contributed by atoms with Crippen molar-refractivity contribution in [3.63, 3.8) is 0 Å². The molecule has 0 aliphatic heterocycles. The van der Waals surface area contributed by atoms with Crippen molar-refractivity contribution >= 4 is 38.4 Å². The van der Waals surface area contributed by atoms with Crippen LogP contribution in [0.1, 0.15) is 25.3 Å². The molecular weight excluding hydrogens is 522 g/mol. The lowest BCUT2D eigenvalue weighted by Gasteiger charge is -2.14. The summed E-state index contributed by atoms with van der Waals surface area (Å²) < 4.78 is 14.3. The van der Waals surface area contributed by atoms with Crippen molar-refractivity contribution in [2.75, 3.05) is 6.61 Å². The van der Waals surface area contributed by atoms with Crippen molar-refractivity contribution in [3.8, 4) is 17.4 Å². The van der Waals surface area contributed by atoms with Crippen LogP contribution in [0.5, 0.6) is 17.4 Å². The zero-order valence-corrected chi connectivity index (χ0v) is 21.8. The minimum absolute atomic E-state index is 0.0684. The maximum Gasteiger partial charge on any atom is 0.305 e. The van der Waals surface area contributed by atoms with E-state index in [0.29, 0.717) is 30.7 Å². The molecule has 1 aromatic heterocycles. The number of halogens is 1. The van der Waals surface area contributed by atoms with Gasteiger partial charge in [-0.15, -0.1) is 10.2 Å². The Hall–Kier alpha value is -3.65. The lowest BCUT2D eigenvalue weighted by atomic mass is 10.2. The quantitative estimate of drug-likeness (QED) is 0.209. The Bertz CT molecular complexity index is 1350. The summed E-state index contributed by atoms with van der Waals surface area (Å²) in [5.41, 5.74) is 2.18. The predicted octanol–water partition coefficient (Wildman–Crippen LogP) is 7.35. The number of azo groups is 1. The van der Waals surface area contributed by atoms with Crippen molar-refractivity contribution in [2.45, 2.75) is 39.3 Å². The van der Waals surface area contributed by atoms with Crippen molar-refractivity contribution in [2.24, 2.45) is 10.2 Å². The molecule has 0 aliphatic rings. The van der Waals surface area contributed by atoms with Crippen LogP contribution in [-0.2, 0) is 11.3 Å². The molecule has 0 bridgehead atoms. The van der Waals surface area contributed by atoms with Gasteiger partial charge in [0, 0.05) is 9.86 Å². The van der Waals surface area contributed by atoms with Crippen LogP contribution >= 0.6 is 15.9 Å². The molecule has 0 fully saturated rings. The maximum atomic E-state index is 12.9. The highest BCUT2D eigenvalue weighted by molar-refractivity contribution is 9.10. The van der Waals surface area contributed by atoms with Crippen molar-refractivity contribution < 1.29 is 19.4 Å². The van der Waals surface area contributed by atoms with Gasteiger partial charge in [-0.05, 0) is 55.8 Å². The first-order valence-corrected chi connectivity index (χ1v) is 12.6. The number of carbonyl (C=O) groups excluding carboxylic acids is 1. The van der Waals surface area contributed by atoms with E-state index in [1.807, 2.05) is 74.5 Å². The zero-order valence-electron chi connectivity index (χ0n) is 20.2. The molecule has 1 heterocycles. The molecule has 0 aliphatic carbocycles.